The number of fused-ring (bicyclic) bond motifs is 1. The molecule has 1 aliphatic heterocycles. The Balaban J connectivity index is 1.45. The van der Waals surface area contributed by atoms with Gasteiger partial charge in [-0.05, 0) is 56.4 Å². The molecule has 1 amide bonds. The second kappa shape index (κ2) is 7.04. The largest absolute Gasteiger partial charge is 0.335 e. The summed E-state index contributed by atoms with van der Waals surface area (Å²) in [5, 5.41) is 0. The average molecular weight is 405 g/mol. The monoisotopic (exact) mass is 404 g/mol. The number of thiophene rings is 1. The minimum Gasteiger partial charge on any atom is -0.335 e. The molecule has 144 valence electrons. The van der Waals surface area contributed by atoms with Crippen molar-refractivity contribution in [2.45, 2.75) is 38.0 Å². The molecule has 0 unspecified atom stereocenters. The zero-order chi connectivity index (χ0) is 19.2. The minimum atomic E-state index is -3.52. The number of sulfonamides is 1. The Bertz CT molecular complexity index is 965. The Morgan fingerprint density at radius 1 is 1.04 bits per heavy atom. The summed E-state index contributed by atoms with van der Waals surface area (Å²) >= 11 is 1.61. The second-order valence-electron chi connectivity index (χ2n) is 7.38. The molecule has 1 aliphatic carbocycles. The lowest BCUT2D eigenvalue weighted by Crippen LogP contribution is -2.50. The van der Waals surface area contributed by atoms with Crippen LogP contribution in [0.25, 0.3) is 0 Å². The predicted molar refractivity (Wildman–Crippen MR) is 107 cm³/mol. The predicted octanol–water partition coefficient (Wildman–Crippen LogP) is 3.00. The number of piperazine rings is 1. The third-order valence-electron chi connectivity index (χ3n) is 5.43. The maximum absolute atomic E-state index is 13.0. The van der Waals surface area contributed by atoms with Crippen molar-refractivity contribution in [3.63, 3.8) is 0 Å². The van der Waals surface area contributed by atoms with Gasteiger partial charge in [0.1, 0.15) is 0 Å². The van der Waals surface area contributed by atoms with Crippen molar-refractivity contribution in [1.29, 1.82) is 0 Å². The fraction of sp³-hybridized carbons (Fsp3) is 0.450. The van der Waals surface area contributed by atoms with E-state index in [1.165, 1.54) is 21.2 Å². The van der Waals surface area contributed by atoms with E-state index in [4.69, 9.17) is 0 Å². The molecule has 2 aromatic rings. The number of hydrogen-bond donors (Lipinski definition) is 0. The highest BCUT2D eigenvalue weighted by Gasteiger charge is 2.32. The van der Waals surface area contributed by atoms with Crippen LogP contribution in [0, 0.1) is 13.8 Å². The first kappa shape index (κ1) is 18.7. The summed E-state index contributed by atoms with van der Waals surface area (Å²) in [6.07, 6.45) is 3.33. The van der Waals surface area contributed by atoms with E-state index in [1.807, 2.05) is 32.0 Å². The van der Waals surface area contributed by atoms with E-state index in [-0.39, 0.29) is 5.91 Å². The van der Waals surface area contributed by atoms with Crippen molar-refractivity contribution in [3.05, 3.63) is 50.7 Å². The number of benzene rings is 1. The van der Waals surface area contributed by atoms with Crippen molar-refractivity contribution in [2.24, 2.45) is 0 Å². The van der Waals surface area contributed by atoms with Crippen LogP contribution in [0.5, 0.6) is 0 Å². The van der Waals surface area contributed by atoms with Crippen molar-refractivity contribution in [3.8, 4) is 0 Å². The van der Waals surface area contributed by atoms with Gasteiger partial charge in [-0.2, -0.15) is 4.31 Å². The lowest BCUT2D eigenvalue weighted by Gasteiger charge is -2.34. The van der Waals surface area contributed by atoms with Gasteiger partial charge in [0.15, 0.2) is 0 Å². The summed E-state index contributed by atoms with van der Waals surface area (Å²) in [6, 6.07) is 7.44. The Hall–Kier alpha value is -1.70. The molecule has 1 fully saturated rings. The topological polar surface area (TPSA) is 57.7 Å². The van der Waals surface area contributed by atoms with Crippen LogP contribution in [-0.4, -0.2) is 49.7 Å². The van der Waals surface area contributed by atoms with E-state index >= 15 is 0 Å². The summed E-state index contributed by atoms with van der Waals surface area (Å²) in [5.41, 5.74) is 3.13. The quantitative estimate of drug-likeness (QED) is 0.790. The first-order chi connectivity index (χ1) is 12.9. The van der Waals surface area contributed by atoms with Crippen LogP contribution < -0.4 is 0 Å². The Kier molecular flexibility index (Phi) is 4.86. The molecule has 7 heteroatoms. The Labute approximate surface area is 164 Å². The third kappa shape index (κ3) is 3.44. The van der Waals surface area contributed by atoms with E-state index in [0.717, 1.165) is 28.8 Å². The molecule has 0 saturated carbocycles. The van der Waals surface area contributed by atoms with Gasteiger partial charge in [-0.15, -0.1) is 11.3 Å². The SMILES string of the molecule is Cc1ccc(S(=O)(=O)N2CCN(C(=O)c3cc4c(s3)CCC4)CC2)c(C)c1. The number of carbonyl (C=O) groups excluding carboxylic acids is 1. The number of nitrogens with zero attached hydrogens (tertiary/aromatic N) is 2. The van der Waals surface area contributed by atoms with E-state index in [2.05, 4.69) is 0 Å². The maximum Gasteiger partial charge on any atom is 0.264 e. The summed E-state index contributed by atoms with van der Waals surface area (Å²) in [5.74, 6) is 0.0398. The van der Waals surface area contributed by atoms with E-state index in [0.29, 0.717) is 31.1 Å². The van der Waals surface area contributed by atoms with Crippen LogP contribution >= 0.6 is 11.3 Å². The molecule has 0 bridgehead atoms. The van der Waals surface area contributed by atoms with E-state index < -0.39 is 10.0 Å². The van der Waals surface area contributed by atoms with Gasteiger partial charge in [0.2, 0.25) is 10.0 Å². The fourth-order valence-corrected chi connectivity index (χ4v) is 6.80. The highest BCUT2D eigenvalue weighted by molar-refractivity contribution is 7.89. The molecule has 5 nitrogen and oxygen atoms in total. The molecular formula is C20H24N2O3S2. The van der Waals surface area contributed by atoms with Gasteiger partial charge in [-0.25, -0.2) is 8.42 Å². The van der Waals surface area contributed by atoms with Crippen molar-refractivity contribution in [1.82, 2.24) is 9.21 Å². The highest BCUT2D eigenvalue weighted by atomic mass is 32.2. The summed E-state index contributed by atoms with van der Waals surface area (Å²) in [7, 11) is -3.52. The van der Waals surface area contributed by atoms with Crippen molar-refractivity contribution in [2.75, 3.05) is 26.2 Å². The fourth-order valence-electron chi connectivity index (χ4n) is 3.95. The lowest BCUT2D eigenvalue weighted by molar-refractivity contribution is 0.0702. The minimum absolute atomic E-state index is 0.0398. The number of rotatable bonds is 3. The van der Waals surface area contributed by atoms with Gasteiger partial charge in [-0.1, -0.05) is 17.7 Å². The van der Waals surface area contributed by atoms with Crippen LogP contribution in [0.3, 0.4) is 0 Å². The molecule has 0 atom stereocenters. The molecular weight excluding hydrogens is 380 g/mol. The van der Waals surface area contributed by atoms with Gasteiger partial charge < -0.3 is 4.90 Å². The number of aryl methyl sites for hydroxylation is 4. The van der Waals surface area contributed by atoms with Crippen molar-refractivity contribution >= 4 is 27.3 Å². The molecule has 0 radical (unpaired) electrons. The van der Waals surface area contributed by atoms with Gasteiger partial charge >= 0.3 is 0 Å². The average Bonchev–Trinajstić information content (AvgIpc) is 3.23. The Morgan fingerprint density at radius 2 is 1.78 bits per heavy atom. The van der Waals surface area contributed by atoms with E-state index in [1.54, 1.807) is 22.3 Å². The standard InChI is InChI=1S/C20H24N2O3S2/c1-14-6-7-19(15(2)12-14)27(24,25)22-10-8-21(9-11-22)20(23)18-13-16-4-3-5-17(16)26-18/h6-7,12-13H,3-5,8-11H2,1-2H3. The molecule has 1 aromatic heterocycles. The molecule has 2 heterocycles. The smallest absolute Gasteiger partial charge is 0.264 e. The molecule has 0 N–H and O–H groups in total. The molecule has 1 saturated heterocycles. The number of carbonyl (C=O) groups is 1. The molecule has 1 aromatic carbocycles. The van der Waals surface area contributed by atoms with Crippen LogP contribution in [0.1, 0.15) is 37.7 Å². The zero-order valence-corrected chi connectivity index (χ0v) is 17.3. The van der Waals surface area contributed by atoms with E-state index in [9.17, 15) is 13.2 Å². The van der Waals surface area contributed by atoms with Crippen LogP contribution in [0.2, 0.25) is 0 Å². The highest BCUT2D eigenvalue weighted by Crippen LogP contribution is 2.31. The first-order valence-corrected chi connectivity index (χ1v) is 11.6. The first-order valence-electron chi connectivity index (χ1n) is 9.34. The van der Waals surface area contributed by atoms with Gasteiger partial charge in [0.25, 0.3) is 5.91 Å². The molecule has 4 rings (SSSR count). The maximum atomic E-state index is 13.0. The van der Waals surface area contributed by atoms with Gasteiger partial charge in [0.05, 0.1) is 9.77 Å². The van der Waals surface area contributed by atoms with Gasteiger partial charge in [-0.3, -0.25) is 4.79 Å². The van der Waals surface area contributed by atoms with Crippen LogP contribution in [-0.2, 0) is 22.9 Å². The van der Waals surface area contributed by atoms with Crippen molar-refractivity contribution < 1.29 is 13.2 Å². The number of hydrogen-bond acceptors (Lipinski definition) is 4. The second-order valence-corrected chi connectivity index (χ2v) is 10.4. The van der Waals surface area contributed by atoms with Crippen LogP contribution in [0.4, 0.5) is 0 Å². The lowest BCUT2D eigenvalue weighted by atomic mass is 10.2. The van der Waals surface area contributed by atoms with Crippen LogP contribution in [0.15, 0.2) is 29.2 Å². The zero-order valence-electron chi connectivity index (χ0n) is 15.7. The van der Waals surface area contributed by atoms with Gasteiger partial charge in [0, 0.05) is 31.1 Å². The molecule has 0 spiro atoms. The normalized spacial score (nSPS) is 17.9. The third-order valence-corrected chi connectivity index (χ3v) is 8.72. The summed E-state index contributed by atoms with van der Waals surface area (Å²) in [4.78, 5) is 17.1. The molecule has 27 heavy (non-hydrogen) atoms. The summed E-state index contributed by atoms with van der Waals surface area (Å²) < 4.78 is 27.5. The Morgan fingerprint density at radius 3 is 2.44 bits per heavy atom. The summed E-state index contributed by atoms with van der Waals surface area (Å²) in [6.45, 7) is 5.33. The molecule has 2 aliphatic rings. The number of amides is 1.